The highest BCUT2D eigenvalue weighted by atomic mass is 35.5. The van der Waals surface area contributed by atoms with Crippen LogP contribution in [0.5, 0.6) is 0 Å². The van der Waals surface area contributed by atoms with E-state index < -0.39 is 0 Å². The molecule has 30 heavy (non-hydrogen) atoms. The minimum atomic E-state index is 0. The van der Waals surface area contributed by atoms with Crippen molar-refractivity contribution in [1.82, 2.24) is 0 Å². The van der Waals surface area contributed by atoms with Crippen molar-refractivity contribution in [2.24, 2.45) is 0 Å². The largest absolute Gasteiger partial charge is 0.300 e. The SMILES string of the molecule is Cl.N=C(c1ccc2ccccc2c1)c1ccccc1Cc1cccc2ccccc12. The number of benzene rings is 5. The second-order valence-electron chi connectivity index (χ2n) is 7.41. The molecule has 5 rings (SSSR count). The summed E-state index contributed by atoms with van der Waals surface area (Å²) in [6, 6.07) is 37.9. The smallest absolute Gasteiger partial charge is 0.0687 e. The number of nitrogens with one attached hydrogen (secondary N) is 1. The maximum absolute atomic E-state index is 8.92. The first-order valence-electron chi connectivity index (χ1n) is 9.92. The normalized spacial score (nSPS) is 10.7. The summed E-state index contributed by atoms with van der Waals surface area (Å²) in [5.74, 6) is 0. The van der Waals surface area contributed by atoms with Gasteiger partial charge in [-0.05, 0) is 45.2 Å². The summed E-state index contributed by atoms with van der Waals surface area (Å²) >= 11 is 0. The average molecular weight is 408 g/mol. The van der Waals surface area contributed by atoms with Gasteiger partial charge < -0.3 is 0 Å². The molecule has 1 N–H and O–H groups in total. The number of rotatable bonds is 4. The fourth-order valence-electron chi connectivity index (χ4n) is 4.07. The molecule has 0 fully saturated rings. The molecule has 0 aromatic heterocycles. The van der Waals surface area contributed by atoms with E-state index in [-0.39, 0.29) is 12.4 Å². The van der Waals surface area contributed by atoms with Crippen molar-refractivity contribution in [2.45, 2.75) is 6.42 Å². The van der Waals surface area contributed by atoms with E-state index in [1.807, 2.05) is 18.2 Å². The molecule has 5 aromatic carbocycles. The Morgan fingerprint density at radius 3 is 2.07 bits per heavy atom. The highest BCUT2D eigenvalue weighted by Crippen LogP contribution is 2.25. The molecule has 0 saturated carbocycles. The molecule has 0 aliphatic rings. The lowest BCUT2D eigenvalue weighted by Gasteiger charge is -2.13. The van der Waals surface area contributed by atoms with Crippen LogP contribution in [-0.2, 0) is 6.42 Å². The van der Waals surface area contributed by atoms with Gasteiger partial charge in [-0.3, -0.25) is 5.41 Å². The lowest BCUT2D eigenvalue weighted by Crippen LogP contribution is -2.06. The molecule has 0 bridgehead atoms. The molecule has 0 radical (unpaired) electrons. The van der Waals surface area contributed by atoms with E-state index in [0.29, 0.717) is 5.71 Å². The highest BCUT2D eigenvalue weighted by molar-refractivity contribution is 6.13. The molecular formula is C28H22ClN. The van der Waals surface area contributed by atoms with Gasteiger partial charge >= 0.3 is 0 Å². The summed E-state index contributed by atoms with van der Waals surface area (Å²) < 4.78 is 0. The van der Waals surface area contributed by atoms with E-state index >= 15 is 0 Å². The number of fused-ring (bicyclic) bond motifs is 2. The van der Waals surface area contributed by atoms with Crippen LogP contribution in [-0.4, -0.2) is 5.71 Å². The monoisotopic (exact) mass is 407 g/mol. The number of halogens is 1. The van der Waals surface area contributed by atoms with Crippen LogP contribution in [0.3, 0.4) is 0 Å². The minimum Gasteiger partial charge on any atom is -0.300 e. The summed E-state index contributed by atoms with van der Waals surface area (Å²) in [4.78, 5) is 0. The Bertz CT molecular complexity index is 1350. The van der Waals surface area contributed by atoms with E-state index in [1.54, 1.807) is 0 Å². The van der Waals surface area contributed by atoms with Gasteiger partial charge in [0.25, 0.3) is 0 Å². The van der Waals surface area contributed by atoms with Crippen molar-refractivity contribution in [3.8, 4) is 0 Å². The van der Waals surface area contributed by atoms with E-state index in [9.17, 15) is 0 Å². The summed E-state index contributed by atoms with van der Waals surface area (Å²) in [6.45, 7) is 0. The lowest BCUT2D eigenvalue weighted by atomic mass is 9.91. The number of hydrogen-bond donors (Lipinski definition) is 1. The van der Waals surface area contributed by atoms with Crippen molar-refractivity contribution >= 4 is 39.7 Å². The summed E-state index contributed by atoms with van der Waals surface area (Å²) in [5.41, 5.74) is 5.00. The highest BCUT2D eigenvalue weighted by Gasteiger charge is 2.12. The number of hydrogen-bond acceptors (Lipinski definition) is 1. The maximum Gasteiger partial charge on any atom is 0.0687 e. The molecule has 5 aromatic rings. The molecule has 0 unspecified atom stereocenters. The zero-order valence-corrected chi connectivity index (χ0v) is 17.3. The van der Waals surface area contributed by atoms with Crippen LogP contribution >= 0.6 is 12.4 Å². The second-order valence-corrected chi connectivity index (χ2v) is 7.41. The van der Waals surface area contributed by atoms with E-state index in [4.69, 9.17) is 5.41 Å². The molecule has 0 saturated heterocycles. The van der Waals surface area contributed by atoms with Crippen molar-refractivity contribution in [2.75, 3.05) is 0 Å². The van der Waals surface area contributed by atoms with Crippen LogP contribution in [0.1, 0.15) is 22.3 Å². The Hall–Kier alpha value is -3.42. The molecule has 0 spiro atoms. The maximum atomic E-state index is 8.92. The predicted molar refractivity (Wildman–Crippen MR) is 130 cm³/mol. The van der Waals surface area contributed by atoms with Gasteiger partial charge in [0.05, 0.1) is 5.71 Å². The molecule has 0 atom stereocenters. The van der Waals surface area contributed by atoms with Gasteiger partial charge in [-0.15, -0.1) is 12.4 Å². The van der Waals surface area contributed by atoms with Crippen molar-refractivity contribution < 1.29 is 0 Å². The Morgan fingerprint density at radius 1 is 0.567 bits per heavy atom. The first-order valence-corrected chi connectivity index (χ1v) is 9.92. The Kier molecular flexibility index (Phi) is 5.65. The summed E-state index contributed by atoms with van der Waals surface area (Å²) in [5, 5.41) is 13.8. The van der Waals surface area contributed by atoms with Crippen LogP contribution in [0.25, 0.3) is 21.5 Å². The average Bonchev–Trinajstić information content (AvgIpc) is 2.79. The van der Waals surface area contributed by atoms with Crippen LogP contribution in [0, 0.1) is 5.41 Å². The van der Waals surface area contributed by atoms with Crippen molar-refractivity contribution in [3.63, 3.8) is 0 Å². The Balaban J connectivity index is 0.00000218. The standard InChI is InChI=1S/C28H21N.ClH/c29-28(25-17-16-20-8-1-2-10-22(20)18-25)27-15-6-4-11-24(27)19-23-13-7-12-21-9-3-5-14-26(21)23;/h1-18,29H,19H2;1H. The first kappa shape index (κ1) is 19.9. The van der Waals surface area contributed by atoms with Crippen LogP contribution in [0.15, 0.2) is 109 Å². The zero-order valence-electron chi connectivity index (χ0n) is 16.5. The second kappa shape index (κ2) is 8.52. The summed E-state index contributed by atoms with van der Waals surface area (Å²) in [7, 11) is 0. The van der Waals surface area contributed by atoms with Gasteiger partial charge in [0.1, 0.15) is 0 Å². The fourth-order valence-corrected chi connectivity index (χ4v) is 4.07. The van der Waals surface area contributed by atoms with E-state index in [1.165, 1.54) is 32.7 Å². The third-order valence-corrected chi connectivity index (χ3v) is 5.59. The van der Waals surface area contributed by atoms with E-state index in [2.05, 4.69) is 91.0 Å². The van der Waals surface area contributed by atoms with E-state index in [0.717, 1.165) is 17.5 Å². The third-order valence-electron chi connectivity index (χ3n) is 5.59. The van der Waals surface area contributed by atoms with Crippen LogP contribution in [0.4, 0.5) is 0 Å². The van der Waals surface area contributed by atoms with Gasteiger partial charge in [0, 0.05) is 11.1 Å². The summed E-state index contributed by atoms with van der Waals surface area (Å²) in [6.07, 6.45) is 0.813. The molecule has 146 valence electrons. The quantitative estimate of drug-likeness (QED) is 0.299. The lowest BCUT2D eigenvalue weighted by molar-refractivity contribution is 1.20. The minimum absolute atomic E-state index is 0. The van der Waals surface area contributed by atoms with Gasteiger partial charge in [-0.1, -0.05) is 103 Å². The Morgan fingerprint density at radius 2 is 1.20 bits per heavy atom. The van der Waals surface area contributed by atoms with Crippen molar-refractivity contribution in [3.05, 3.63) is 131 Å². The van der Waals surface area contributed by atoms with Gasteiger partial charge in [-0.25, -0.2) is 0 Å². The van der Waals surface area contributed by atoms with Crippen LogP contribution < -0.4 is 0 Å². The molecule has 0 heterocycles. The molecule has 0 aliphatic heterocycles. The predicted octanol–water partition coefficient (Wildman–Crippen LogP) is 7.42. The molecule has 0 amide bonds. The topological polar surface area (TPSA) is 23.9 Å². The first-order chi connectivity index (χ1) is 14.3. The fraction of sp³-hybridized carbons (Fsp3) is 0.0357. The van der Waals surface area contributed by atoms with Gasteiger partial charge in [0.15, 0.2) is 0 Å². The van der Waals surface area contributed by atoms with Crippen LogP contribution in [0.2, 0.25) is 0 Å². The third kappa shape index (κ3) is 3.72. The molecule has 2 heteroatoms. The Labute approximate surface area is 182 Å². The molecule has 0 aliphatic carbocycles. The van der Waals surface area contributed by atoms with Gasteiger partial charge in [-0.2, -0.15) is 0 Å². The zero-order chi connectivity index (χ0) is 19.6. The van der Waals surface area contributed by atoms with Crippen molar-refractivity contribution in [1.29, 1.82) is 5.41 Å². The van der Waals surface area contributed by atoms with Gasteiger partial charge in [0.2, 0.25) is 0 Å². The molecular weight excluding hydrogens is 386 g/mol. The molecule has 1 nitrogen and oxygen atoms in total.